The molecular weight excluding hydrogens is 144 g/mol. The molecule has 0 aliphatic carbocycles. The summed E-state index contributed by atoms with van der Waals surface area (Å²) in [5, 5.41) is 0. The van der Waals surface area contributed by atoms with Gasteiger partial charge in [0.1, 0.15) is 0 Å². The highest BCUT2D eigenvalue weighted by Crippen LogP contribution is 2.11. The molecule has 2 nitrogen and oxygen atoms in total. The molecule has 0 saturated heterocycles. The van der Waals surface area contributed by atoms with Crippen molar-refractivity contribution in [3.05, 3.63) is 11.1 Å². The standard InChI is InChI=1S/C4H6N2S.ClH/c1-3-4(5)2-6-7-3;/h2H,5H2,1H3;1H. The lowest BCUT2D eigenvalue weighted by atomic mass is 10.5. The molecule has 0 saturated carbocycles. The molecular formula is C4H7ClN2S. The maximum absolute atomic E-state index is 5.39. The quantitative estimate of drug-likeness (QED) is 0.608. The first-order valence-corrected chi connectivity index (χ1v) is 2.75. The van der Waals surface area contributed by atoms with Gasteiger partial charge >= 0.3 is 0 Å². The van der Waals surface area contributed by atoms with Crippen LogP contribution in [0.5, 0.6) is 0 Å². The monoisotopic (exact) mass is 150 g/mol. The number of hydrogen-bond acceptors (Lipinski definition) is 3. The fraction of sp³-hybridized carbons (Fsp3) is 0.250. The predicted molar refractivity (Wildman–Crippen MR) is 38.5 cm³/mol. The molecule has 46 valence electrons. The first-order chi connectivity index (χ1) is 3.30. The molecule has 1 heterocycles. The van der Waals surface area contributed by atoms with Crippen LogP contribution in [-0.4, -0.2) is 4.37 Å². The van der Waals surface area contributed by atoms with Crippen molar-refractivity contribution in [1.29, 1.82) is 0 Å². The normalized spacial score (nSPS) is 8.12. The number of aromatic nitrogens is 1. The van der Waals surface area contributed by atoms with Gasteiger partial charge in [-0.3, -0.25) is 0 Å². The van der Waals surface area contributed by atoms with Gasteiger partial charge in [0, 0.05) is 4.88 Å². The SMILES string of the molecule is Cc1sncc1N.Cl. The third kappa shape index (κ3) is 1.35. The van der Waals surface area contributed by atoms with Gasteiger partial charge < -0.3 is 5.73 Å². The summed E-state index contributed by atoms with van der Waals surface area (Å²) in [5.74, 6) is 0. The van der Waals surface area contributed by atoms with Crippen molar-refractivity contribution < 1.29 is 0 Å². The summed E-state index contributed by atoms with van der Waals surface area (Å²) in [6, 6.07) is 0. The zero-order valence-corrected chi connectivity index (χ0v) is 6.05. The van der Waals surface area contributed by atoms with Gasteiger partial charge in [-0.1, -0.05) is 0 Å². The van der Waals surface area contributed by atoms with Gasteiger partial charge in [-0.05, 0) is 18.5 Å². The average molecular weight is 151 g/mol. The van der Waals surface area contributed by atoms with E-state index in [1.807, 2.05) is 6.92 Å². The topological polar surface area (TPSA) is 38.9 Å². The number of rotatable bonds is 0. The highest BCUT2D eigenvalue weighted by Gasteiger charge is 1.89. The molecule has 1 aromatic rings. The lowest BCUT2D eigenvalue weighted by Crippen LogP contribution is -1.80. The van der Waals surface area contributed by atoms with Crippen molar-refractivity contribution >= 4 is 29.6 Å². The lowest BCUT2D eigenvalue weighted by Gasteiger charge is -1.78. The van der Waals surface area contributed by atoms with Crippen molar-refractivity contribution in [2.24, 2.45) is 0 Å². The summed E-state index contributed by atoms with van der Waals surface area (Å²) in [7, 11) is 0. The van der Waals surface area contributed by atoms with Crippen molar-refractivity contribution in [3.8, 4) is 0 Å². The van der Waals surface area contributed by atoms with Crippen LogP contribution < -0.4 is 5.73 Å². The Kier molecular flexibility index (Phi) is 2.79. The van der Waals surface area contributed by atoms with Gasteiger partial charge in [0.25, 0.3) is 0 Å². The molecule has 8 heavy (non-hydrogen) atoms. The molecule has 0 bridgehead atoms. The van der Waals surface area contributed by atoms with E-state index in [1.165, 1.54) is 11.5 Å². The Hall–Kier alpha value is -0.280. The smallest absolute Gasteiger partial charge is 0.0656 e. The number of nitrogen functional groups attached to an aromatic ring is 1. The van der Waals surface area contributed by atoms with Gasteiger partial charge in [-0.15, -0.1) is 12.4 Å². The van der Waals surface area contributed by atoms with Crippen LogP contribution in [0.3, 0.4) is 0 Å². The summed E-state index contributed by atoms with van der Waals surface area (Å²) in [6.07, 6.45) is 1.67. The molecule has 0 spiro atoms. The summed E-state index contributed by atoms with van der Waals surface area (Å²) in [6.45, 7) is 1.95. The van der Waals surface area contributed by atoms with E-state index < -0.39 is 0 Å². The molecule has 0 aromatic carbocycles. The number of nitrogens with zero attached hydrogens (tertiary/aromatic N) is 1. The molecule has 0 unspecified atom stereocenters. The minimum absolute atomic E-state index is 0. The van der Waals surface area contributed by atoms with Crippen LogP contribution in [0, 0.1) is 6.92 Å². The molecule has 0 radical (unpaired) electrons. The van der Waals surface area contributed by atoms with Gasteiger partial charge in [-0.25, -0.2) is 0 Å². The van der Waals surface area contributed by atoms with E-state index in [0.717, 1.165) is 10.6 Å². The Bertz CT molecular complexity index is 146. The Morgan fingerprint density at radius 1 is 1.75 bits per heavy atom. The first-order valence-electron chi connectivity index (χ1n) is 1.97. The van der Waals surface area contributed by atoms with Gasteiger partial charge in [-0.2, -0.15) is 4.37 Å². The predicted octanol–water partition coefficient (Wildman–Crippen LogP) is 1.46. The lowest BCUT2D eigenvalue weighted by molar-refractivity contribution is 1.56. The molecule has 2 N–H and O–H groups in total. The van der Waals surface area contributed by atoms with Gasteiger partial charge in [0.15, 0.2) is 0 Å². The largest absolute Gasteiger partial charge is 0.397 e. The number of halogens is 1. The molecule has 1 aromatic heterocycles. The number of aryl methyl sites for hydroxylation is 1. The van der Waals surface area contributed by atoms with Crippen LogP contribution in [0.1, 0.15) is 4.88 Å². The zero-order valence-electron chi connectivity index (χ0n) is 4.42. The van der Waals surface area contributed by atoms with Crippen LogP contribution in [0.15, 0.2) is 6.20 Å². The number of anilines is 1. The molecule has 0 aliphatic heterocycles. The van der Waals surface area contributed by atoms with Crippen molar-refractivity contribution in [2.45, 2.75) is 6.92 Å². The molecule has 0 aliphatic rings. The minimum atomic E-state index is 0. The average Bonchev–Trinajstić information content (AvgIpc) is 1.91. The molecule has 0 amide bonds. The van der Waals surface area contributed by atoms with E-state index in [-0.39, 0.29) is 12.4 Å². The summed E-state index contributed by atoms with van der Waals surface area (Å²) >= 11 is 1.43. The molecule has 1 rings (SSSR count). The summed E-state index contributed by atoms with van der Waals surface area (Å²) in [5.41, 5.74) is 6.18. The van der Waals surface area contributed by atoms with E-state index in [1.54, 1.807) is 6.20 Å². The zero-order chi connectivity index (χ0) is 5.28. The highest BCUT2D eigenvalue weighted by molar-refractivity contribution is 7.06. The Morgan fingerprint density at radius 2 is 2.38 bits per heavy atom. The second kappa shape index (κ2) is 2.89. The van der Waals surface area contributed by atoms with Crippen LogP contribution in [0.25, 0.3) is 0 Å². The molecule has 0 fully saturated rings. The van der Waals surface area contributed by atoms with Crippen LogP contribution in [0.2, 0.25) is 0 Å². The fourth-order valence-electron chi connectivity index (χ4n) is 0.306. The summed E-state index contributed by atoms with van der Waals surface area (Å²) < 4.78 is 3.84. The third-order valence-corrected chi connectivity index (χ3v) is 1.51. The van der Waals surface area contributed by atoms with E-state index in [9.17, 15) is 0 Å². The van der Waals surface area contributed by atoms with E-state index in [2.05, 4.69) is 4.37 Å². The van der Waals surface area contributed by atoms with E-state index in [0.29, 0.717) is 0 Å². The molecule has 0 atom stereocenters. The minimum Gasteiger partial charge on any atom is -0.397 e. The second-order valence-electron chi connectivity index (χ2n) is 1.34. The third-order valence-electron chi connectivity index (χ3n) is 0.788. The maximum Gasteiger partial charge on any atom is 0.0656 e. The fourth-order valence-corrected chi connectivity index (χ4v) is 0.788. The Balaban J connectivity index is 0.000000490. The van der Waals surface area contributed by atoms with E-state index in [4.69, 9.17) is 5.73 Å². The number of nitrogens with two attached hydrogens (primary N) is 1. The van der Waals surface area contributed by atoms with Crippen molar-refractivity contribution in [2.75, 3.05) is 5.73 Å². The first kappa shape index (κ1) is 7.72. The van der Waals surface area contributed by atoms with Gasteiger partial charge in [0.05, 0.1) is 11.9 Å². The van der Waals surface area contributed by atoms with Crippen molar-refractivity contribution in [1.82, 2.24) is 4.37 Å². The van der Waals surface area contributed by atoms with Crippen molar-refractivity contribution in [3.63, 3.8) is 0 Å². The Labute approximate surface area is 58.3 Å². The highest BCUT2D eigenvalue weighted by atomic mass is 35.5. The van der Waals surface area contributed by atoms with Gasteiger partial charge in [0.2, 0.25) is 0 Å². The Morgan fingerprint density at radius 3 is 2.50 bits per heavy atom. The van der Waals surface area contributed by atoms with Crippen LogP contribution >= 0.6 is 23.9 Å². The molecule has 4 heteroatoms. The summed E-state index contributed by atoms with van der Waals surface area (Å²) in [4.78, 5) is 1.10. The maximum atomic E-state index is 5.39. The van der Waals surface area contributed by atoms with Crippen LogP contribution in [0.4, 0.5) is 5.69 Å². The van der Waals surface area contributed by atoms with E-state index >= 15 is 0 Å². The number of hydrogen-bond donors (Lipinski definition) is 1. The second-order valence-corrected chi connectivity index (χ2v) is 2.34. The van der Waals surface area contributed by atoms with Crippen LogP contribution in [-0.2, 0) is 0 Å².